The van der Waals surface area contributed by atoms with E-state index in [-0.39, 0.29) is 11.4 Å². The van der Waals surface area contributed by atoms with Gasteiger partial charge in [-0.15, -0.1) is 0 Å². The Morgan fingerprint density at radius 1 is 1.45 bits per heavy atom. The van der Waals surface area contributed by atoms with Crippen molar-refractivity contribution in [3.8, 4) is 0 Å². The Morgan fingerprint density at radius 3 is 2.00 bits per heavy atom. The summed E-state index contributed by atoms with van der Waals surface area (Å²) in [6, 6.07) is 0. The van der Waals surface area contributed by atoms with Crippen molar-refractivity contribution in [2.24, 2.45) is 5.73 Å². The van der Waals surface area contributed by atoms with Crippen LogP contribution >= 0.6 is 0 Å². The number of carbonyl (C=O) groups excluding carboxylic acids is 1. The van der Waals surface area contributed by atoms with Crippen molar-refractivity contribution in [3.63, 3.8) is 0 Å². The monoisotopic (exact) mass is 158 g/mol. The first-order valence-electron chi connectivity index (χ1n) is 3.91. The lowest BCUT2D eigenvalue weighted by Gasteiger charge is -2.33. The molecule has 0 bridgehead atoms. The van der Waals surface area contributed by atoms with Gasteiger partial charge >= 0.3 is 0 Å². The van der Waals surface area contributed by atoms with Gasteiger partial charge in [-0.05, 0) is 27.3 Å². The quantitative estimate of drug-likeness (QED) is 0.653. The normalized spacial score (nSPS) is 12.1. The number of amides is 1. The van der Waals surface area contributed by atoms with Crippen molar-refractivity contribution in [2.45, 2.75) is 33.2 Å². The highest BCUT2D eigenvalue weighted by molar-refractivity contribution is 5.76. The maximum atomic E-state index is 10.6. The average molecular weight is 158 g/mol. The van der Waals surface area contributed by atoms with Crippen LogP contribution in [0, 0.1) is 0 Å². The molecule has 1 amide bonds. The van der Waals surface area contributed by atoms with Gasteiger partial charge in [0.05, 0.1) is 6.54 Å². The first-order chi connectivity index (χ1) is 4.88. The smallest absolute Gasteiger partial charge is 0.231 e. The first-order valence-corrected chi connectivity index (χ1v) is 3.91. The molecule has 0 spiro atoms. The lowest BCUT2D eigenvalue weighted by Crippen LogP contribution is -2.45. The second-order valence-corrected chi connectivity index (χ2v) is 3.65. The Balaban J connectivity index is 4.07. The Labute approximate surface area is 68.6 Å². The molecule has 0 saturated heterocycles. The number of likely N-dealkylation sites (N-methyl/N-ethyl adjacent to an activating group) is 1. The van der Waals surface area contributed by atoms with Crippen molar-refractivity contribution in [3.05, 3.63) is 0 Å². The molecule has 0 fully saturated rings. The molecule has 0 aliphatic rings. The van der Waals surface area contributed by atoms with E-state index in [1.54, 1.807) is 0 Å². The molecule has 0 aromatic heterocycles. The summed E-state index contributed by atoms with van der Waals surface area (Å²) in [6.07, 6.45) is 0. The highest BCUT2D eigenvalue weighted by Crippen LogP contribution is 2.11. The van der Waals surface area contributed by atoms with E-state index in [1.165, 1.54) is 0 Å². The fourth-order valence-corrected chi connectivity index (χ4v) is 1.01. The summed E-state index contributed by atoms with van der Waals surface area (Å²) < 4.78 is 0. The van der Waals surface area contributed by atoms with E-state index < -0.39 is 0 Å². The van der Waals surface area contributed by atoms with Gasteiger partial charge in [0.2, 0.25) is 5.91 Å². The molecule has 3 nitrogen and oxygen atoms in total. The predicted octanol–water partition coefficient (Wildman–Crippen LogP) is 0.592. The van der Waals surface area contributed by atoms with Gasteiger partial charge in [0.1, 0.15) is 0 Å². The molecule has 0 unspecified atom stereocenters. The maximum absolute atomic E-state index is 10.6. The van der Waals surface area contributed by atoms with Crippen LogP contribution < -0.4 is 5.73 Å². The molecule has 0 rings (SSSR count). The second kappa shape index (κ2) is 3.72. The number of carbonyl (C=O) groups is 1. The van der Waals surface area contributed by atoms with Crippen LogP contribution in [0.3, 0.4) is 0 Å². The van der Waals surface area contributed by atoms with E-state index in [0.29, 0.717) is 6.54 Å². The van der Waals surface area contributed by atoms with Crippen LogP contribution in [-0.2, 0) is 4.79 Å². The van der Waals surface area contributed by atoms with E-state index >= 15 is 0 Å². The minimum atomic E-state index is -0.262. The molecular formula is C8H18N2O. The van der Waals surface area contributed by atoms with Gasteiger partial charge in [0, 0.05) is 5.54 Å². The van der Waals surface area contributed by atoms with E-state index in [1.807, 2.05) is 11.8 Å². The number of primary amides is 1. The van der Waals surface area contributed by atoms with Crippen LogP contribution in [0.15, 0.2) is 0 Å². The fraction of sp³-hybridized carbons (Fsp3) is 0.875. The number of hydrogen-bond acceptors (Lipinski definition) is 2. The topological polar surface area (TPSA) is 46.3 Å². The van der Waals surface area contributed by atoms with Crippen LogP contribution in [0.1, 0.15) is 27.7 Å². The van der Waals surface area contributed by atoms with E-state index in [2.05, 4.69) is 20.8 Å². The van der Waals surface area contributed by atoms with Gasteiger partial charge in [0.25, 0.3) is 0 Å². The van der Waals surface area contributed by atoms with Crippen molar-refractivity contribution in [1.82, 2.24) is 4.90 Å². The highest BCUT2D eigenvalue weighted by Gasteiger charge is 2.20. The van der Waals surface area contributed by atoms with Crippen LogP contribution in [0.5, 0.6) is 0 Å². The molecule has 2 N–H and O–H groups in total. The molecule has 0 heterocycles. The van der Waals surface area contributed by atoms with Crippen molar-refractivity contribution in [1.29, 1.82) is 0 Å². The molecule has 11 heavy (non-hydrogen) atoms. The molecule has 0 saturated carbocycles. The Kier molecular flexibility index (Phi) is 3.52. The summed E-state index contributed by atoms with van der Waals surface area (Å²) in [7, 11) is 0. The SMILES string of the molecule is CCN(CC(N)=O)C(C)(C)C. The van der Waals surface area contributed by atoms with Gasteiger partial charge in [-0.2, -0.15) is 0 Å². The molecule has 0 aromatic carbocycles. The number of nitrogens with two attached hydrogens (primary N) is 1. The van der Waals surface area contributed by atoms with Crippen LogP contribution in [0.4, 0.5) is 0 Å². The Morgan fingerprint density at radius 2 is 1.91 bits per heavy atom. The minimum absolute atomic E-state index is 0.0315. The van der Waals surface area contributed by atoms with Crippen LogP contribution in [0.25, 0.3) is 0 Å². The fourth-order valence-electron chi connectivity index (χ4n) is 1.01. The summed E-state index contributed by atoms with van der Waals surface area (Å²) in [5.74, 6) is -0.262. The molecule has 3 heteroatoms. The van der Waals surface area contributed by atoms with Gasteiger partial charge in [-0.1, -0.05) is 6.92 Å². The zero-order chi connectivity index (χ0) is 9.07. The third-order valence-electron chi connectivity index (χ3n) is 1.68. The Bertz CT molecular complexity index is 138. The summed E-state index contributed by atoms with van der Waals surface area (Å²) in [6.45, 7) is 9.43. The number of rotatable bonds is 3. The van der Waals surface area contributed by atoms with E-state index in [9.17, 15) is 4.79 Å². The summed E-state index contributed by atoms with van der Waals surface area (Å²) in [4.78, 5) is 12.6. The van der Waals surface area contributed by atoms with Crippen LogP contribution in [-0.4, -0.2) is 29.4 Å². The summed E-state index contributed by atoms with van der Waals surface area (Å²) >= 11 is 0. The lowest BCUT2D eigenvalue weighted by molar-refractivity contribution is -0.120. The predicted molar refractivity (Wildman–Crippen MR) is 46.2 cm³/mol. The van der Waals surface area contributed by atoms with Crippen molar-refractivity contribution >= 4 is 5.91 Å². The molecule has 66 valence electrons. The number of hydrogen-bond donors (Lipinski definition) is 1. The standard InChI is InChI=1S/C8H18N2O/c1-5-10(6-7(9)11)8(2,3)4/h5-6H2,1-4H3,(H2,9,11). The zero-order valence-corrected chi connectivity index (χ0v) is 7.85. The van der Waals surface area contributed by atoms with E-state index in [0.717, 1.165) is 6.54 Å². The molecular weight excluding hydrogens is 140 g/mol. The Hall–Kier alpha value is -0.570. The minimum Gasteiger partial charge on any atom is -0.369 e. The average Bonchev–Trinajstić information content (AvgIpc) is 1.79. The van der Waals surface area contributed by atoms with Gasteiger partial charge in [0.15, 0.2) is 0 Å². The van der Waals surface area contributed by atoms with Gasteiger partial charge in [-0.3, -0.25) is 9.69 Å². The maximum Gasteiger partial charge on any atom is 0.231 e. The molecule has 0 atom stereocenters. The van der Waals surface area contributed by atoms with Crippen molar-refractivity contribution < 1.29 is 4.79 Å². The zero-order valence-electron chi connectivity index (χ0n) is 7.85. The number of nitrogens with zero attached hydrogens (tertiary/aromatic N) is 1. The highest BCUT2D eigenvalue weighted by atomic mass is 16.1. The van der Waals surface area contributed by atoms with Gasteiger partial charge < -0.3 is 5.73 Å². The third kappa shape index (κ3) is 3.98. The first kappa shape index (κ1) is 10.4. The summed E-state index contributed by atoms with van der Waals surface area (Å²) in [5.41, 5.74) is 5.12. The van der Waals surface area contributed by atoms with Gasteiger partial charge in [-0.25, -0.2) is 0 Å². The molecule has 0 aliphatic heterocycles. The molecule has 0 aromatic rings. The lowest BCUT2D eigenvalue weighted by atomic mass is 10.1. The second-order valence-electron chi connectivity index (χ2n) is 3.65. The summed E-state index contributed by atoms with van der Waals surface area (Å²) in [5, 5.41) is 0. The third-order valence-corrected chi connectivity index (χ3v) is 1.68. The largest absolute Gasteiger partial charge is 0.369 e. The molecule has 0 aliphatic carbocycles. The molecule has 0 radical (unpaired) electrons. The van der Waals surface area contributed by atoms with E-state index in [4.69, 9.17) is 5.73 Å². The van der Waals surface area contributed by atoms with Crippen molar-refractivity contribution in [2.75, 3.05) is 13.1 Å². The van der Waals surface area contributed by atoms with Crippen LogP contribution in [0.2, 0.25) is 0 Å².